The van der Waals surface area contributed by atoms with Crippen LogP contribution in [0.5, 0.6) is 11.5 Å². The zero-order chi connectivity index (χ0) is 23.2. The highest BCUT2D eigenvalue weighted by Gasteiger charge is 2.21. The molecule has 3 rings (SSSR count). The molecule has 1 atom stereocenters. The van der Waals surface area contributed by atoms with E-state index in [1.165, 1.54) is 36.6 Å². The quantitative estimate of drug-likeness (QED) is 0.282. The second-order valence-corrected chi connectivity index (χ2v) is 8.31. The first-order valence-corrected chi connectivity index (χ1v) is 11.8. The van der Waals surface area contributed by atoms with E-state index in [-0.39, 0.29) is 17.3 Å². The molecule has 0 saturated carbocycles. The molecule has 32 heavy (non-hydrogen) atoms. The van der Waals surface area contributed by atoms with Crippen molar-refractivity contribution in [2.75, 3.05) is 19.8 Å². The molecular weight excluding hydrogens is 409 g/mol. The molecule has 0 spiro atoms. The molecule has 0 amide bonds. The number of aromatic hydroxyl groups is 2. The minimum absolute atomic E-state index is 0.0729. The number of phenols is 2. The summed E-state index contributed by atoms with van der Waals surface area (Å²) in [4.78, 5) is 0. The third kappa shape index (κ3) is 9.15. The zero-order valence-corrected chi connectivity index (χ0v) is 18.9. The molecule has 5 N–H and O–H groups in total. The third-order valence-electron chi connectivity index (χ3n) is 5.72. The highest BCUT2D eigenvalue weighted by Crippen LogP contribution is 2.39. The fourth-order valence-electron chi connectivity index (χ4n) is 3.83. The molecular formula is C26H38FNO4. The van der Waals surface area contributed by atoms with E-state index in [4.69, 9.17) is 10.5 Å². The molecule has 0 fully saturated rings. The van der Waals surface area contributed by atoms with Crippen LogP contribution in [0.4, 0.5) is 4.39 Å². The van der Waals surface area contributed by atoms with E-state index in [9.17, 15) is 19.7 Å². The van der Waals surface area contributed by atoms with Gasteiger partial charge >= 0.3 is 0 Å². The SMILES string of the molecule is NCCCCCCOCCCCc1ccc(F)cc1.Oc1ccc2c(c1O)CCCC2O. The Balaban J connectivity index is 0.000000242. The van der Waals surface area contributed by atoms with Gasteiger partial charge in [0.15, 0.2) is 11.5 Å². The summed E-state index contributed by atoms with van der Waals surface area (Å²) < 4.78 is 18.3. The summed E-state index contributed by atoms with van der Waals surface area (Å²) in [6.45, 7) is 2.49. The van der Waals surface area contributed by atoms with Crippen molar-refractivity contribution in [3.8, 4) is 11.5 Å². The summed E-state index contributed by atoms with van der Waals surface area (Å²) >= 11 is 0. The molecule has 6 heteroatoms. The van der Waals surface area contributed by atoms with Crippen molar-refractivity contribution in [2.24, 2.45) is 5.73 Å². The highest BCUT2D eigenvalue weighted by atomic mass is 19.1. The van der Waals surface area contributed by atoms with Crippen LogP contribution in [0.2, 0.25) is 0 Å². The number of hydrogen-bond acceptors (Lipinski definition) is 5. The van der Waals surface area contributed by atoms with Crippen molar-refractivity contribution in [3.63, 3.8) is 0 Å². The van der Waals surface area contributed by atoms with Crippen LogP contribution in [0.3, 0.4) is 0 Å². The van der Waals surface area contributed by atoms with Gasteiger partial charge in [0, 0.05) is 18.8 Å². The van der Waals surface area contributed by atoms with Crippen molar-refractivity contribution in [3.05, 3.63) is 58.9 Å². The highest BCUT2D eigenvalue weighted by molar-refractivity contribution is 5.50. The fourth-order valence-corrected chi connectivity index (χ4v) is 3.83. The number of unbranched alkanes of at least 4 members (excludes halogenated alkanes) is 4. The number of ether oxygens (including phenoxy) is 1. The topological polar surface area (TPSA) is 95.9 Å². The van der Waals surface area contributed by atoms with Crippen LogP contribution >= 0.6 is 0 Å². The van der Waals surface area contributed by atoms with E-state index in [0.29, 0.717) is 5.56 Å². The maximum atomic E-state index is 12.7. The third-order valence-corrected chi connectivity index (χ3v) is 5.72. The maximum Gasteiger partial charge on any atom is 0.161 e. The number of benzene rings is 2. The Kier molecular flexibility index (Phi) is 12.1. The maximum absolute atomic E-state index is 12.7. The van der Waals surface area contributed by atoms with Crippen LogP contribution in [0.1, 0.15) is 74.2 Å². The van der Waals surface area contributed by atoms with Crippen LogP contribution in [0.25, 0.3) is 0 Å². The van der Waals surface area contributed by atoms with Crippen LogP contribution in [0.15, 0.2) is 36.4 Å². The predicted octanol–water partition coefficient (Wildman–Crippen LogP) is 5.15. The molecule has 0 heterocycles. The van der Waals surface area contributed by atoms with Crippen LogP contribution in [0, 0.1) is 5.82 Å². The number of nitrogens with two attached hydrogens (primary N) is 1. The van der Waals surface area contributed by atoms with Gasteiger partial charge in [-0.3, -0.25) is 0 Å². The predicted molar refractivity (Wildman–Crippen MR) is 125 cm³/mol. The molecule has 178 valence electrons. The second kappa shape index (κ2) is 14.8. The number of aliphatic hydroxyl groups excluding tert-OH is 1. The number of fused-ring (bicyclic) bond motifs is 1. The molecule has 5 nitrogen and oxygen atoms in total. The molecule has 0 bridgehead atoms. The molecule has 0 aromatic heterocycles. The first kappa shape index (κ1) is 26.1. The summed E-state index contributed by atoms with van der Waals surface area (Å²) in [5.41, 5.74) is 8.07. The molecule has 2 aromatic carbocycles. The van der Waals surface area contributed by atoms with Gasteiger partial charge in [-0.15, -0.1) is 0 Å². The van der Waals surface area contributed by atoms with E-state index in [1.54, 1.807) is 6.07 Å². The molecule has 0 aliphatic heterocycles. The number of halogens is 1. The number of phenolic OH excluding ortho intramolecular Hbond substituents is 2. The first-order valence-electron chi connectivity index (χ1n) is 11.8. The van der Waals surface area contributed by atoms with E-state index >= 15 is 0 Å². The molecule has 1 unspecified atom stereocenters. The van der Waals surface area contributed by atoms with Gasteiger partial charge < -0.3 is 25.8 Å². The average Bonchev–Trinajstić information content (AvgIpc) is 2.80. The molecule has 1 aliphatic carbocycles. The average molecular weight is 448 g/mol. The van der Waals surface area contributed by atoms with Gasteiger partial charge in [0.25, 0.3) is 0 Å². The Labute approximate surface area is 191 Å². The molecule has 0 radical (unpaired) electrons. The largest absolute Gasteiger partial charge is 0.504 e. The summed E-state index contributed by atoms with van der Waals surface area (Å²) in [5.74, 6) is -0.342. The van der Waals surface area contributed by atoms with E-state index in [1.807, 2.05) is 12.1 Å². The molecule has 2 aromatic rings. The van der Waals surface area contributed by atoms with Gasteiger partial charge in [0.2, 0.25) is 0 Å². The van der Waals surface area contributed by atoms with Gasteiger partial charge in [-0.1, -0.05) is 31.0 Å². The number of hydrogen-bond donors (Lipinski definition) is 4. The summed E-state index contributed by atoms with van der Waals surface area (Å²) in [7, 11) is 0. The smallest absolute Gasteiger partial charge is 0.161 e. The Morgan fingerprint density at radius 3 is 2.31 bits per heavy atom. The number of aliphatic hydroxyl groups is 1. The van der Waals surface area contributed by atoms with Crippen molar-refractivity contribution in [1.29, 1.82) is 0 Å². The van der Waals surface area contributed by atoms with Crippen LogP contribution in [-0.2, 0) is 17.6 Å². The van der Waals surface area contributed by atoms with Crippen molar-refractivity contribution >= 4 is 0 Å². The summed E-state index contributed by atoms with van der Waals surface area (Å²) in [6.07, 6.45) is 9.68. The lowest BCUT2D eigenvalue weighted by Gasteiger charge is -2.22. The second-order valence-electron chi connectivity index (χ2n) is 8.31. The van der Waals surface area contributed by atoms with Gasteiger partial charge in [-0.05, 0) is 87.2 Å². The van der Waals surface area contributed by atoms with Crippen molar-refractivity contribution in [1.82, 2.24) is 0 Å². The lowest BCUT2D eigenvalue weighted by molar-refractivity contribution is 0.126. The number of rotatable bonds is 11. The van der Waals surface area contributed by atoms with E-state index in [0.717, 1.165) is 76.7 Å². The molecule has 1 aliphatic rings. The lowest BCUT2D eigenvalue weighted by atomic mass is 9.88. The standard InChI is InChI=1S/C16H26FNO.C10H12O3/c17-16-10-8-15(9-11-16)7-3-6-14-19-13-5-2-1-4-12-18;11-8-3-1-2-7-6(8)4-5-9(12)10(7)13/h8-11H,1-7,12-14,18H2;4-5,8,11-13H,1-3H2. The van der Waals surface area contributed by atoms with Crippen molar-refractivity contribution in [2.45, 2.75) is 70.3 Å². The van der Waals surface area contributed by atoms with E-state index < -0.39 is 6.10 Å². The Morgan fingerprint density at radius 1 is 0.906 bits per heavy atom. The van der Waals surface area contributed by atoms with E-state index in [2.05, 4.69) is 0 Å². The first-order chi connectivity index (χ1) is 15.5. The normalized spacial score (nSPS) is 15.0. The van der Waals surface area contributed by atoms with Gasteiger partial charge in [0.05, 0.1) is 6.10 Å². The molecule has 0 saturated heterocycles. The zero-order valence-electron chi connectivity index (χ0n) is 18.9. The van der Waals surface area contributed by atoms with Crippen molar-refractivity contribution < 1.29 is 24.4 Å². The minimum Gasteiger partial charge on any atom is -0.504 e. The van der Waals surface area contributed by atoms with Gasteiger partial charge in [-0.2, -0.15) is 0 Å². The minimum atomic E-state index is -0.491. The van der Waals surface area contributed by atoms with Gasteiger partial charge in [0.1, 0.15) is 5.82 Å². The Hall–Kier alpha value is -2.15. The van der Waals surface area contributed by atoms with Gasteiger partial charge in [-0.25, -0.2) is 4.39 Å². The Morgan fingerprint density at radius 2 is 1.59 bits per heavy atom. The lowest BCUT2D eigenvalue weighted by Crippen LogP contribution is -2.08. The number of aryl methyl sites for hydroxylation is 1. The monoisotopic (exact) mass is 447 g/mol. The fraction of sp³-hybridized carbons (Fsp3) is 0.538. The summed E-state index contributed by atoms with van der Waals surface area (Å²) in [5, 5.41) is 28.3. The van der Waals surface area contributed by atoms with Crippen LogP contribution in [-0.4, -0.2) is 35.1 Å². The van der Waals surface area contributed by atoms with Crippen LogP contribution < -0.4 is 5.73 Å². The summed E-state index contributed by atoms with van der Waals surface area (Å²) in [6, 6.07) is 9.85. The Bertz CT molecular complexity index is 782.